The molecule has 3 rings (SSSR count). The van der Waals surface area contributed by atoms with Gasteiger partial charge < -0.3 is 15.0 Å². The van der Waals surface area contributed by atoms with Crippen LogP contribution < -0.4 is 14.4 Å². The molecular weight excluding hydrogens is 430 g/mol. The fourth-order valence-electron chi connectivity index (χ4n) is 3.50. The summed E-state index contributed by atoms with van der Waals surface area (Å²) in [6.07, 6.45) is 2.75. The van der Waals surface area contributed by atoms with E-state index in [2.05, 4.69) is 5.32 Å². The smallest absolute Gasteiger partial charge is 0.265 e. The monoisotopic (exact) mass is 459 g/mol. The van der Waals surface area contributed by atoms with E-state index >= 15 is 0 Å². The second kappa shape index (κ2) is 10.0. The lowest BCUT2D eigenvalue weighted by atomic mass is 10.1. The minimum atomic E-state index is -3.36. The molecule has 172 valence electrons. The van der Waals surface area contributed by atoms with Crippen LogP contribution in [0.3, 0.4) is 0 Å². The first-order valence-corrected chi connectivity index (χ1v) is 12.5. The van der Waals surface area contributed by atoms with Gasteiger partial charge in [-0.05, 0) is 55.7 Å². The van der Waals surface area contributed by atoms with Gasteiger partial charge in [-0.2, -0.15) is 0 Å². The molecule has 0 aromatic heterocycles. The Balaban J connectivity index is 1.70. The summed E-state index contributed by atoms with van der Waals surface area (Å²) in [7, 11) is -1.90. The average molecular weight is 460 g/mol. The summed E-state index contributed by atoms with van der Waals surface area (Å²) in [5, 5.41) is 2.84. The number of amides is 2. The van der Waals surface area contributed by atoms with Gasteiger partial charge in [-0.3, -0.25) is 13.9 Å². The Morgan fingerprint density at radius 3 is 2.31 bits per heavy atom. The number of ether oxygens (including phenoxy) is 1. The number of benzene rings is 2. The fraction of sp³-hybridized carbons (Fsp3) is 0.391. The molecule has 32 heavy (non-hydrogen) atoms. The van der Waals surface area contributed by atoms with E-state index < -0.39 is 16.1 Å². The highest BCUT2D eigenvalue weighted by Gasteiger charge is 2.24. The van der Waals surface area contributed by atoms with E-state index in [1.807, 2.05) is 6.92 Å². The van der Waals surface area contributed by atoms with Gasteiger partial charge in [-0.15, -0.1) is 0 Å². The molecule has 0 aliphatic carbocycles. The number of hydrogen-bond acceptors (Lipinski definition) is 5. The third-order valence-electron chi connectivity index (χ3n) is 5.45. The molecular formula is C23H29N3O5S. The number of sulfonamides is 1. The first-order valence-electron chi connectivity index (χ1n) is 10.6. The zero-order chi connectivity index (χ0) is 23.3. The summed E-state index contributed by atoms with van der Waals surface area (Å²) in [6.45, 7) is 3.29. The maximum atomic E-state index is 12.9. The van der Waals surface area contributed by atoms with Crippen molar-refractivity contribution in [1.29, 1.82) is 0 Å². The van der Waals surface area contributed by atoms with E-state index in [0.29, 0.717) is 29.1 Å². The summed E-state index contributed by atoms with van der Waals surface area (Å²) >= 11 is 0. The molecule has 0 saturated carbocycles. The predicted octanol–water partition coefficient (Wildman–Crippen LogP) is 3.11. The number of hydrogen-bond donors (Lipinski definition) is 1. The van der Waals surface area contributed by atoms with Crippen molar-refractivity contribution in [3.8, 4) is 5.75 Å². The van der Waals surface area contributed by atoms with Crippen molar-refractivity contribution in [2.75, 3.05) is 36.0 Å². The molecule has 8 nitrogen and oxygen atoms in total. The van der Waals surface area contributed by atoms with Crippen LogP contribution in [0.15, 0.2) is 48.5 Å². The van der Waals surface area contributed by atoms with E-state index in [4.69, 9.17) is 4.74 Å². The molecule has 1 fully saturated rings. The van der Waals surface area contributed by atoms with Crippen molar-refractivity contribution in [1.82, 2.24) is 4.90 Å². The number of nitrogens with one attached hydrogen (secondary N) is 1. The number of carbonyl (C=O) groups excluding carboxylic acids is 2. The Hall–Kier alpha value is -3.07. The Bertz CT molecular complexity index is 1060. The molecule has 2 aromatic carbocycles. The molecule has 1 saturated heterocycles. The van der Waals surface area contributed by atoms with Gasteiger partial charge in [0.05, 0.1) is 23.2 Å². The Morgan fingerprint density at radius 2 is 1.72 bits per heavy atom. The van der Waals surface area contributed by atoms with Crippen LogP contribution >= 0.6 is 0 Å². The van der Waals surface area contributed by atoms with Crippen molar-refractivity contribution in [3.05, 3.63) is 54.1 Å². The van der Waals surface area contributed by atoms with E-state index in [9.17, 15) is 18.0 Å². The molecule has 0 bridgehead atoms. The largest absolute Gasteiger partial charge is 0.481 e. The number of nitrogens with zero attached hydrogens (tertiary/aromatic N) is 2. The van der Waals surface area contributed by atoms with Gasteiger partial charge in [-0.1, -0.05) is 19.1 Å². The number of para-hydroxylation sites is 1. The van der Waals surface area contributed by atoms with E-state index in [1.54, 1.807) is 53.4 Å². The van der Waals surface area contributed by atoms with Gasteiger partial charge in [-0.25, -0.2) is 8.42 Å². The third kappa shape index (κ3) is 5.59. The Labute approximate surface area is 189 Å². The quantitative estimate of drug-likeness (QED) is 0.654. The minimum absolute atomic E-state index is 0.0852. The van der Waals surface area contributed by atoms with Crippen LogP contribution in [0.25, 0.3) is 0 Å². The molecule has 2 amide bonds. The highest BCUT2D eigenvalue weighted by molar-refractivity contribution is 7.92. The summed E-state index contributed by atoms with van der Waals surface area (Å²) in [5.74, 6) is 0.00327. The van der Waals surface area contributed by atoms with Gasteiger partial charge in [0.15, 0.2) is 6.10 Å². The normalized spacial score (nSPS) is 14.7. The van der Waals surface area contributed by atoms with Crippen molar-refractivity contribution < 1.29 is 22.7 Å². The average Bonchev–Trinajstić information content (AvgIpc) is 3.31. The van der Waals surface area contributed by atoms with Crippen LogP contribution in [0.5, 0.6) is 5.75 Å². The fourth-order valence-corrected chi connectivity index (χ4v) is 4.00. The van der Waals surface area contributed by atoms with Crippen LogP contribution in [0, 0.1) is 0 Å². The molecule has 9 heteroatoms. The molecule has 0 radical (unpaired) electrons. The van der Waals surface area contributed by atoms with Crippen LogP contribution in [0.1, 0.15) is 36.5 Å². The second-order valence-corrected chi connectivity index (χ2v) is 9.79. The van der Waals surface area contributed by atoms with E-state index in [0.717, 1.165) is 36.5 Å². The first-order chi connectivity index (χ1) is 15.2. The third-order valence-corrected chi connectivity index (χ3v) is 6.65. The molecule has 1 N–H and O–H groups in total. The number of carbonyl (C=O) groups is 2. The summed E-state index contributed by atoms with van der Waals surface area (Å²) < 4.78 is 30.4. The first kappa shape index (κ1) is 23.6. The standard InChI is InChI=1S/C23H29N3O5S/c1-4-21(31-18-13-11-17(12-14-18)25(2)32(3,29)30)22(27)24-20-10-6-5-9-19(20)23(28)26-15-7-8-16-26/h5-6,9-14,21H,4,7-8,15-16H2,1-3H3,(H,24,27)/t21-/m1/s1. The van der Waals surface area contributed by atoms with Gasteiger partial charge in [0, 0.05) is 20.1 Å². The van der Waals surface area contributed by atoms with Crippen molar-refractivity contribution in [3.63, 3.8) is 0 Å². The lowest BCUT2D eigenvalue weighted by Gasteiger charge is -2.21. The van der Waals surface area contributed by atoms with Crippen LogP contribution in [0.4, 0.5) is 11.4 Å². The van der Waals surface area contributed by atoms with Gasteiger partial charge in [0.1, 0.15) is 5.75 Å². The van der Waals surface area contributed by atoms with E-state index in [1.165, 1.54) is 7.05 Å². The maximum Gasteiger partial charge on any atom is 0.265 e. The Kier molecular flexibility index (Phi) is 7.40. The van der Waals surface area contributed by atoms with Gasteiger partial charge in [0.25, 0.3) is 11.8 Å². The van der Waals surface area contributed by atoms with Gasteiger partial charge in [0.2, 0.25) is 10.0 Å². The zero-order valence-corrected chi connectivity index (χ0v) is 19.4. The summed E-state index contributed by atoms with van der Waals surface area (Å²) in [6, 6.07) is 13.5. The number of anilines is 2. The lowest BCUT2D eigenvalue weighted by molar-refractivity contribution is -0.122. The topological polar surface area (TPSA) is 96.0 Å². The van der Waals surface area contributed by atoms with Crippen molar-refractivity contribution in [2.24, 2.45) is 0 Å². The predicted molar refractivity (Wildman–Crippen MR) is 125 cm³/mol. The Morgan fingerprint density at radius 1 is 1.09 bits per heavy atom. The van der Waals surface area contributed by atoms with Crippen molar-refractivity contribution >= 4 is 33.2 Å². The van der Waals surface area contributed by atoms with Crippen LogP contribution in [-0.4, -0.2) is 57.6 Å². The molecule has 2 aromatic rings. The van der Waals surface area contributed by atoms with Gasteiger partial charge >= 0.3 is 0 Å². The molecule has 0 unspecified atom stereocenters. The van der Waals surface area contributed by atoms with E-state index in [-0.39, 0.29) is 11.8 Å². The highest BCUT2D eigenvalue weighted by atomic mass is 32.2. The SMILES string of the molecule is CC[C@@H](Oc1ccc(N(C)S(C)(=O)=O)cc1)C(=O)Nc1ccccc1C(=O)N1CCCC1. The molecule has 1 heterocycles. The summed E-state index contributed by atoms with van der Waals surface area (Å²) in [4.78, 5) is 27.5. The minimum Gasteiger partial charge on any atom is -0.481 e. The highest BCUT2D eigenvalue weighted by Crippen LogP contribution is 2.23. The number of rotatable bonds is 8. The lowest BCUT2D eigenvalue weighted by Crippen LogP contribution is -2.34. The molecule has 0 spiro atoms. The zero-order valence-electron chi connectivity index (χ0n) is 18.6. The van der Waals surface area contributed by atoms with Crippen molar-refractivity contribution in [2.45, 2.75) is 32.3 Å². The molecule has 1 aliphatic heterocycles. The second-order valence-electron chi connectivity index (χ2n) is 7.77. The molecule has 1 aliphatic rings. The maximum absolute atomic E-state index is 12.9. The molecule has 1 atom stereocenters. The van der Waals surface area contributed by atoms with Crippen LogP contribution in [0.2, 0.25) is 0 Å². The van der Waals surface area contributed by atoms with Crippen LogP contribution in [-0.2, 0) is 14.8 Å². The number of likely N-dealkylation sites (tertiary alicyclic amines) is 1. The summed E-state index contributed by atoms with van der Waals surface area (Å²) in [5.41, 5.74) is 1.42.